The van der Waals surface area contributed by atoms with Crippen LogP contribution in [0.4, 0.5) is 5.69 Å². The monoisotopic (exact) mass is 263 g/mol. The van der Waals surface area contributed by atoms with Gasteiger partial charge in [0.15, 0.2) is 0 Å². The average molecular weight is 263 g/mol. The second-order valence-corrected chi connectivity index (χ2v) is 5.55. The van der Waals surface area contributed by atoms with Crippen LogP contribution in [-0.4, -0.2) is 43.0 Å². The third-order valence-electron chi connectivity index (χ3n) is 3.33. The van der Waals surface area contributed by atoms with E-state index in [0.29, 0.717) is 12.5 Å². The molecule has 0 radical (unpaired) electrons. The number of ether oxygens (including phenoxy) is 1. The fourth-order valence-corrected chi connectivity index (χ4v) is 1.57. The van der Waals surface area contributed by atoms with Crippen molar-refractivity contribution in [3.63, 3.8) is 0 Å². The van der Waals surface area contributed by atoms with E-state index in [9.17, 15) is 4.79 Å². The van der Waals surface area contributed by atoms with E-state index in [0.717, 1.165) is 25.1 Å². The second kappa shape index (κ2) is 5.57. The summed E-state index contributed by atoms with van der Waals surface area (Å²) >= 11 is 0. The molecule has 0 bridgehead atoms. The van der Waals surface area contributed by atoms with Crippen molar-refractivity contribution in [3.05, 3.63) is 18.3 Å². The van der Waals surface area contributed by atoms with E-state index in [1.165, 1.54) is 0 Å². The summed E-state index contributed by atoms with van der Waals surface area (Å²) in [4.78, 5) is 18.1. The van der Waals surface area contributed by atoms with Crippen molar-refractivity contribution >= 4 is 11.6 Å². The standard InChI is InChI=1S/C14H21N3O2/c1-14(6-7-14)13(18)16-11-4-5-12(15-10-11)19-9-8-17(2)3/h4-5,10H,6-9H2,1-3H3,(H,16,18). The van der Waals surface area contributed by atoms with E-state index in [2.05, 4.69) is 10.3 Å². The number of nitrogens with one attached hydrogen (secondary N) is 1. The number of anilines is 1. The highest BCUT2D eigenvalue weighted by Gasteiger charge is 2.44. The summed E-state index contributed by atoms with van der Waals surface area (Å²) in [6.45, 7) is 3.43. The molecule has 0 spiro atoms. The van der Waals surface area contributed by atoms with Crippen molar-refractivity contribution in [2.24, 2.45) is 5.41 Å². The van der Waals surface area contributed by atoms with E-state index in [1.807, 2.05) is 32.0 Å². The first-order chi connectivity index (χ1) is 8.99. The van der Waals surface area contributed by atoms with E-state index in [-0.39, 0.29) is 11.3 Å². The molecule has 2 rings (SSSR count). The van der Waals surface area contributed by atoms with Crippen LogP contribution in [0.2, 0.25) is 0 Å². The van der Waals surface area contributed by atoms with Gasteiger partial charge >= 0.3 is 0 Å². The third-order valence-corrected chi connectivity index (χ3v) is 3.33. The molecule has 5 heteroatoms. The lowest BCUT2D eigenvalue weighted by Gasteiger charge is -2.12. The van der Waals surface area contributed by atoms with Gasteiger partial charge in [0.05, 0.1) is 11.9 Å². The first kappa shape index (κ1) is 13.8. The van der Waals surface area contributed by atoms with E-state index >= 15 is 0 Å². The molecule has 1 N–H and O–H groups in total. The number of likely N-dealkylation sites (N-methyl/N-ethyl adjacent to an activating group) is 1. The van der Waals surface area contributed by atoms with Crippen LogP contribution in [0.3, 0.4) is 0 Å². The van der Waals surface area contributed by atoms with Gasteiger partial charge in [-0.2, -0.15) is 0 Å². The molecule has 1 saturated carbocycles. The molecule has 0 saturated heterocycles. The Bertz CT molecular complexity index is 439. The number of carbonyl (C=O) groups excluding carboxylic acids is 1. The molecule has 0 aromatic carbocycles. The van der Waals surface area contributed by atoms with Gasteiger partial charge in [-0.15, -0.1) is 0 Å². The molecule has 0 unspecified atom stereocenters. The second-order valence-electron chi connectivity index (χ2n) is 5.55. The Labute approximate surface area is 114 Å². The number of nitrogens with zero attached hydrogens (tertiary/aromatic N) is 2. The molecular formula is C14H21N3O2. The van der Waals surface area contributed by atoms with Crippen molar-refractivity contribution < 1.29 is 9.53 Å². The lowest BCUT2D eigenvalue weighted by molar-refractivity contribution is -0.120. The molecule has 1 aliphatic rings. The molecule has 1 aromatic heterocycles. The van der Waals surface area contributed by atoms with Crippen LogP contribution in [-0.2, 0) is 4.79 Å². The summed E-state index contributed by atoms with van der Waals surface area (Å²) < 4.78 is 5.49. The van der Waals surface area contributed by atoms with Crippen LogP contribution in [0.1, 0.15) is 19.8 Å². The molecule has 1 aromatic rings. The Morgan fingerprint density at radius 1 is 1.47 bits per heavy atom. The lowest BCUT2D eigenvalue weighted by atomic mass is 10.1. The quantitative estimate of drug-likeness (QED) is 0.849. The number of amides is 1. The molecule has 1 heterocycles. The number of hydrogen-bond donors (Lipinski definition) is 1. The minimum Gasteiger partial charge on any atom is -0.476 e. The van der Waals surface area contributed by atoms with E-state index in [1.54, 1.807) is 12.3 Å². The van der Waals surface area contributed by atoms with Crippen molar-refractivity contribution in [1.29, 1.82) is 0 Å². The smallest absolute Gasteiger partial charge is 0.230 e. The molecule has 0 aliphatic heterocycles. The van der Waals surface area contributed by atoms with Gasteiger partial charge in [-0.3, -0.25) is 4.79 Å². The van der Waals surface area contributed by atoms with Gasteiger partial charge in [-0.1, -0.05) is 6.92 Å². The molecular weight excluding hydrogens is 242 g/mol. The van der Waals surface area contributed by atoms with Gasteiger partial charge in [0.2, 0.25) is 11.8 Å². The molecule has 5 nitrogen and oxygen atoms in total. The topological polar surface area (TPSA) is 54.5 Å². The van der Waals surface area contributed by atoms with Crippen LogP contribution < -0.4 is 10.1 Å². The van der Waals surface area contributed by atoms with E-state index in [4.69, 9.17) is 4.74 Å². The predicted molar refractivity (Wildman–Crippen MR) is 74.3 cm³/mol. The van der Waals surface area contributed by atoms with Crippen LogP contribution in [0, 0.1) is 5.41 Å². The Balaban J connectivity index is 1.82. The molecule has 0 atom stereocenters. The largest absolute Gasteiger partial charge is 0.476 e. The summed E-state index contributed by atoms with van der Waals surface area (Å²) in [5.41, 5.74) is 0.555. The number of carbonyl (C=O) groups is 1. The molecule has 104 valence electrons. The van der Waals surface area contributed by atoms with Gasteiger partial charge in [-0.25, -0.2) is 4.98 Å². The molecule has 1 fully saturated rings. The Morgan fingerprint density at radius 2 is 2.21 bits per heavy atom. The average Bonchev–Trinajstić information content (AvgIpc) is 3.10. The molecule has 1 amide bonds. The zero-order chi connectivity index (χ0) is 13.9. The van der Waals surface area contributed by atoms with Crippen molar-refractivity contribution in [2.45, 2.75) is 19.8 Å². The first-order valence-corrected chi connectivity index (χ1v) is 6.55. The van der Waals surface area contributed by atoms with Crippen molar-refractivity contribution in [3.8, 4) is 5.88 Å². The fraction of sp³-hybridized carbons (Fsp3) is 0.571. The zero-order valence-corrected chi connectivity index (χ0v) is 11.8. The summed E-state index contributed by atoms with van der Waals surface area (Å²) in [7, 11) is 3.99. The van der Waals surface area contributed by atoms with Crippen LogP contribution >= 0.6 is 0 Å². The Hall–Kier alpha value is -1.62. The highest BCUT2D eigenvalue weighted by atomic mass is 16.5. The Kier molecular flexibility index (Phi) is 4.04. The maximum atomic E-state index is 11.9. The fourth-order valence-electron chi connectivity index (χ4n) is 1.57. The SMILES string of the molecule is CN(C)CCOc1ccc(NC(=O)C2(C)CC2)cn1. The number of hydrogen-bond acceptors (Lipinski definition) is 4. The highest BCUT2D eigenvalue weighted by molar-refractivity contribution is 5.96. The predicted octanol–water partition coefficient (Wildman–Crippen LogP) is 1.76. The van der Waals surface area contributed by atoms with Gasteiger partial charge in [-0.05, 0) is 33.0 Å². The third kappa shape index (κ3) is 3.92. The van der Waals surface area contributed by atoms with Gasteiger partial charge < -0.3 is 15.0 Å². The summed E-state index contributed by atoms with van der Waals surface area (Å²) in [6, 6.07) is 3.60. The lowest BCUT2D eigenvalue weighted by Crippen LogP contribution is -2.21. The van der Waals surface area contributed by atoms with Crippen LogP contribution in [0.5, 0.6) is 5.88 Å². The number of pyridine rings is 1. The summed E-state index contributed by atoms with van der Waals surface area (Å²) in [6.07, 6.45) is 3.57. The van der Waals surface area contributed by atoms with Crippen LogP contribution in [0.25, 0.3) is 0 Å². The number of aromatic nitrogens is 1. The maximum Gasteiger partial charge on any atom is 0.230 e. The minimum atomic E-state index is -0.166. The van der Waals surface area contributed by atoms with Crippen molar-refractivity contribution in [1.82, 2.24) is 9.88 Å². The Morgan fingerprint density at radius 3 is 2.74 bits per heavy atom. The maximum absolute atomic E-state index is 11.9. The first-order valence-electron chi connectivity index (χ1n) is 6.55. The van der Waals surface area contributed by atoms with Crippen LogP contribution in [0.15, 0.2) is 18.3 Å². The minimum absolute atomic E-state index is 0.0792. The van der Waals surface area contributed by atoms with Gasteiger partial charge in [0.25, 0.3) is 0 Å². The normalized spacial score (nSPS) is 16.2. The van der Waals surface area contributed by atoms with Gasteiger partial charge in [0.1, 0.15) is 6.61 Å². The molecule has 19 heavy (non-hydrogen) atoms. The highest BCUT2D eigenvalue weighted by Crippen LogP contribution is 2.45. The van der Waals surface area contributed by atoms with Crippen molar-refractivity contribution in [2.75, 3.05) is 32.6 Å². The van der Waals surface area contributed by atoms with E-state index < -0.39 is 0 Å². The zero-order valence-electron chi connectivity index (χ0n) is 11.8. The number of rotatable bonds is 6. The summed E-state index contributed by atoms with van der Waals surface area (Å²) in [5.74, 6) is 0.660. The molecule has 1 aliphatic carbocycles. The van der Waals surface area contributed by atoms with Gasteiger partial charge in [0, 0.05) is 18.0 Å². The summed E-state index contributed by atoms with van der Waals surface area (Å²) in [5, 5.41) is 2.88.